The summed E-state index contributed by atoms with van der Waals surface area (Å²) in [6.45, 7) is 2.18. The maximum absolute atomic E-state index is 7.43. The van der Waals surface area contributed by atoms with Crippen LogP contribution in [-0.2, 0) is 6.42 Å². The van der Waals surface area contributed by atoms with Crippen molar-refractivity contribution in [3.05, 3.63) is 34.7 Å². The predicted molar refractivity (Wildman–Crippen MR) is 74.1 cm³/mol. The SMILES string of the molecule is CCCc1cccc2sc(C(=N)N)cc12.Cl. The first-order chi connectivity index (χ1) is 7.22. The number of fused-ring (bicyclic) bond motifs is 1. The van der Waals surface area contributed by atoms with Gasteiger partial charge in [-0.2, -0.15) is 0 Å². The minimum Gasteiger partial charge on any atom is -0.383 e. The number of nitrogens with one attached hydrogen (secondary N) is 1. The van der Waals surface area contributed by atoms with Crippen LogP contribution in [0.25, 0.3) is 10.1 Å². The van der Waals surface area contributed by atoms with Gasteiger partial charge in [-0.25, -0.2) is 0 Å². The van der Waals surface area contributed by atoms with Gasteiger partial charge in [-0.1, -0.05) is 25.5 Å². The normalized spacial score (nSPS) is 10.1. The average molecular weight is 255 g/mol. The summed E-state index contributed by atoms with van der Waals surface area (Å²) in [5.74, 6) is 0.165. The van der Waals surface area contributed by atoms with E-state index in [1.165, 1.54) is 15.6 Å². The fourth-order valence-electron chi connectivity index (χ4n) is 1.74. The van der Waals surface area contributed by atoms with Gasteiger partial charge in [0.15, 0.2) is 0 Å². The molecular weight excluding hydrogens is 240 g/mol. The van der Waals surface area contributed by atoms with Crippen molar-refractivity contribution in [2.24, 2.45) is 5.73 Å². The summed E-state index contributed by atoms with van der Waals surface area (Å²) >= 11 is 1.60. The van der Waals surface area contributed by atoms with Crippen LogP contribution < -0.4 is 5.73 Å². The molecule has 0 aliphatic carbocycles. The summed E-state index contributed by atoms with van der Waals surface area (Å²) in [5.41, 5.74) is 6.86. The number of nitrogens with two attached hydrogens (primary N) is 1. The molecule has 4 heteroatoms. The maximum Gasteiger partial charge on any atom is 0.133 e. The molecule has 0 radical (unpaired) electrons. The number of benzene rings is 1. The molecule has 3 N–H and O–H groups in total. The Morgan fingerprint density at radius 1 is 1.44 bits per heavy atom. The van der Waals surface area contributed by atoms with E-state index < -0.39 is 0 Å². The molecule has 0 spiro atoms. The molecule has 0 atom stereocenters. The molecule has 2 nitrogen and oxygen atoms in total. The monoisotopic (exact) mass is 254 g/mol. The maximum atomic E-state index is 7.43. The Morgan fingerprint density at radius 3 is 2.81 bits per heavy atom. The molecule has 2 rings (SSSR count). The lowest BCUT2D eigenvalue weighted by atomic mass is 10.1. The first kappa shape index (κ1) is 13.0. The van der Waals surface area contributed by atoms with Gasteiger partial charge < -0.3 is 5.73 Å². The highest BCUT2D eigenvalue weighted by Gasteiger charge is 2.06. The second kappa shape index (κ2) is 5.32. The standard InChI is InChI=1S/C12H14N2S.ClH/c1-2-4-8-5-3-6-10-9(8)7-11(15-10)12(13)14;/h3,5-7H,2,4H2,1H3,(H3,13,14);1H. The highest BCUT2D eigenvalue weighted by molar-refractivity contribution is 7.20. The van der Waals surface area contributed by atoms with Gasteiger partial charge in [0.1, 0.15) is 5.84 Å². The van der Waals surface area contributed by atoms with Crippen LogP contribution in [0.3, 0.4) is 0 Å². The molecule has 86 valence electrons. The Balaban J connectivity index is 0.00000128. The van der Waals surface area contributed by atoms with E-state index in [-0.39, 0.29) is 18.2 Å². The van der Waals surface area contributed by atoms with E-state index in [4.69, 9.17) is 11.1 Å². The van der Waals surface area contributed by atoms with Crippen molar-refractivity contribution < 1.29 is 0 Å². The summed E-state index contributed by atoms with van der Waals surface area (Å²) in [4.78, 5) is 0.869. The van der Waals surface area contributed by atoms with E-state index in [1.807, 2.05) is 6.07 Å². The van der Waals surface area contributed by atoms with Gasteiger partial charge in [0.2, 0.25) is 0 Å². The Bertz CT molecular complexity index is 505. The molecular formula is C12H15ClN2S. The van der Waals surface area contributed by atoms with Crippen molar-refractivity contribution in [1.29, 1.82) is 5.41 Å². The number of hydrogen-bond donors (Lipinski definition) is 2. The van der Waals surface area contributed by atoms with Crippen LogP contribution in [0, 0.1) is 5.41 Å². The Labute approximate surface area is 105 Å². The lowest BCUT2D eigenvalue weighted by Crippen LogP contribution is -2.08. The molecule has 0 unspecified atom stereocenters. The highest BCUT2D eigenvalue weighted by Crippen LogP contribution is 2.28. The fourth-order valence-corrected chi connectivity index (χ4v) is 2.71. The number of nitrogen functional groups attached to an aromatic ring is 1. The second-order valence-corrected chi connectivity index (χ2v) is 4.69. The highest BCUT2D eigenvalue weighted by atomic mass is 35.5. The van der Waals surface area contributed by atoms with Crippen LogP contribution in [-0.4, -0.2) is 5.84 Å². The van der Waals surface area contributed by atoms with Crippen LogP contribution >= 0.6 is 23.7 Å². The van der Waals surface area contributed by atoms with E-state index in [2.05, 4.69) is 25.1 Å². The van der Waals surface area contributed by atoms with E-state index in [9.17, 15) is 0 Å². The smallest absolute Gasteiger partial charge is 0.133 e. The zero-order chi connectivity index (χ0) is 10.8. The van der Waals surface area contributed by atoms with E-state index in [1.54, 1.807) is 11.3 Å². The average Bonchev–Trinajstić information content (AvgIpc) is 2.63. The van der Waals surface area contributed by atoms with E-state index in [0.717, 1.165) is 17.7 Å². The van der Waals surface area contributed by atoms with Gasteiger partial charge in [0.05, 0.1) is 4.88 Å². The Kier molecular flexibility index (Phi) is 4.33. The number of hydrogen-bond acceptors (Lipinski definition) is 2. The van der Waals surface area contributed by atoms with E-state index in [0.29, 0.717) is 0 Å². The van der Waals surface area contributed by atoms with Crippen molar-refractivity contribution in [1.82, 2.24) is 0 Å². The molecule has 2 aromatic rings. The van der Waals surface area contributed by atoms with E-state index >= 15 is 0 Å². The van der Waals surface area contributed by atoms with Gasteiger partial charge in [-0.3, -0.25) is 5.41 Å². The van der Waals surface area contributed by atoms with Gasteiger partial charge in [0.25, 0.3) is 0 Å². The minimum absolute atomic E-state index is 0. The van der Waals surface area contributed by atoms with Crippen LogP contribution in [0.1, 0.15) is 23.8 Å². The van der Waals surface area contributed by atoms with Gasteiger partial charge in [-0.15, -0.1) is 23.7 Å². The first-order valence-electron chi connectivity index (χ1n) is 5.08. The molecule has 0 aliphatic heterocycles. The van der Waals surface area contributed by atoms with Crippen molar-refractivity contribution in [3.8, 4) is 0 Å². The second-order valence-electron chi connectivity index (χ2n) is 3.60. The van der Waals surface area contributed by atoms with Crippen LogP contribution in [0.2, 0.25) is 0 Å². The number of amidine groups is 1. The summed E-state index contributed by atoms with van der Waals surface area (Å²) in [6, 6.07) is 8.36. The fraction of sp³-hybridized carbons (Fsp3) is 0.250. The van der Waals surface area contributed by atoms with Crippen LogP contribution in [0.15, 0.2) is 24.3 Å². The molecule has 0 amide bonds. The Morgan fingerprint density at radius 2 is 2.19 bits per heavy atom. The summed E-state index contributed by atoms with van der Waals surface area (Å²) in [5, 5.41) is 8.69. The van der Waals surface area contributed by atoms with Crippen LogP contribution in [0.4, 0.5) is 0 Å². The lowest BCUT2D eigenvalue weighted by Gasteiger charge is -1.99. The zero-order valence-corrected chi connectivity index (χ0v) is 10.8. The van der Waals surface area contributed by atoms with Gasteiger partial charge >= 0.3 is 0 Å². The predicted octanol–water partition coefficient (Wildman–Crippen LogP) is 3.56. The molecule has 0 bridgehead atoms. The summed E-state index contributed by atoms with van der Waals surface area (Å²) < 4.78 is 1.23. The third-order valence-corrected chi connectivity index (χ3v) is 3.57. The van der Waals surface area contributed by atoms with Crippen molar-refractivity contribution in [2.75, 3.05) is 0 Å². The topological polar surface area (TPSA) is 49.9 Å². The molecule has 0 saturated heterocycles. The van der Waals surface area contributed by atoms with Crippen LogP contribution in [0.5, 0.6) is 0 Å². The number of thiophene rings is 1. The summed E-state index contributed by atoms with van der Waals surface area (Å²) in [6.07, 6.45) is 2.23. The number of halogens is 1. The largest absolute Gasteiger partial charge is 0.383 e. The Hall–Kier alpha value is -1.06. The summed E-state index contributed by atoms with van der Waals surface area (Å²) in [7, 11) is 0. The zero-order valence-electron chi connectivity index (χ0n) is 9.12. The van der Waals surface area contributed by atoms with Gasteiger partial charge in [-0.05, 0) is 29.5 Å². The lowest BCUT2D eigenvalue weighted by molar-refractivity contribution is 0.930. The number of rotatable bonds is 3. The van der Waals surface area contributed by atoms with Crippen molar-refractivity contribution in [3.63, 3.8) is 0 Å². The van der Waals surface area contributed by atoms with Crippen molar-refractivity contribution >= 4 is 39.7 Å². The molecule has 0 aliphatic rings. The third-order valence-electron chi connectivity index (χ3n) is 2.44. The molecule has 0 fully saturated rings. The molecule has 1 heterocycles. The molecule has 16 heavy (non-hydrogen) atoms. The molecule has 0 saturated carbocycles. The molecule has 1 aromatic heterocycles. The number of aryl methyl sites for hydroxylation is 1. The first-order valence-corrected chi connectivity index (χ1v) is 5.90. The van der Waals surface area contributed by atoms with Gasteiger partial charge in [0, 0.05) is 4.70 Å². The van der Waals surface area contributed by atoms with Crippen molar-refractivity contribution in [2.45, 2.75) is 19.8 Å². The molecule has 1 aromatic carbocycles. The quantitative estimate of drug-likeness (QED) is 0.639. The third kappa shape index (κ3) is 2.36. The minimum atomic E-state index is 0.